The summed E-state index contributed by atoms with van der Waals surface area (Å²) < 4.78 is 4.73. The van der Waals surface area contributed by atoms with Crippen molar-refractivity contribution in [3.8, 4) is 0 Å². The van der Waals surface area contributed by atoms with Gasteiger partial charge in [0.15, 0.2) is 0 Å². The molecule has 0 heterocycles. The minimum Gasteiger partial charge on any atom is -0.463 e. The zero-order valence-electron chi connectivity index (χ0n) is 8.90. The van der Waals surface area contributed by atoms with E-state index in [4.69, 9.17) is 4.74 Å². The van der Waals surface area contributed by atoms with Crippen molar-refractivity contribution >= 4 is 5.97 Å². The molecule has 0 aliphatic rings. The van der Waals surface area contributed by atoms with Crippen molar-refractivity contribution < 1.29 is 9.53 Å². The van der Waals surface area contributed by atoms with E-state index in [0.717, 1.165) is 12.8 Å². The lowest BCUT2D eigenvalue weighted by molar-refractivity contribution is -0.137. The number of ether oxygens (including phenoxy) is 1. The van der Waals surface area contributed by atoms with Crippen LogP contribution in [0, 0.1) is 0 Å². The summed E-state index contributed by atoms with van der Waals surface area (Å²) in [6.45, 7) is 4.21. The molecule has 0 saturated heterocycles. The SMILES string of the molecule is C/C=C/C=C/CC/C=C/C(=O)OCC. The Hall–Kier alpha value is -1.31. The number of allylic oxidation sites excluding steroid dienone is 5. The van der Waals surface area contributed by atoms with Gasteiger partial charge in [-0.3, -0.25) is 0 Å². The monoisotopic (exact) mass is 194 g/mol. The molecule has 0 unspecified atom stereocenters. The molecule has 0 aromatic rings. The Bertz CT molecular complexity index is 224. The maximum absolute atomic E-state index is 10.8. The summed E-state index contributed by atoms with van der Waals surface area (Å²) in [5, 5.41) is 0. The highest BCUT2D eigenvalue weighted by atomic mass is 16.5. The van der Waals surface area contributed by atoms with Crippen molar-refractivity contribution in [2.24, 2.45) is 0 Å². The van der Waals surface area contributed by atoms with Crippen molar-refractivity contribution in [2.75, 3.05) is 6.61 Å². The van der Waals surface area contributed by atoms with Gasteiger partial charge in [0.25, 0.3) is 0 Å². The number of hydrogen-bond donors (Lipinski definition) is 0. The molecule has 0 N–H and O–H groups in total. The van der Waals surface area contributed by atoms with Crippen LogP contribution in [0.5, 0.6) is 0 Å². The molecule has 0 aliphatic carbocycles. The lowest BCUT2D eigenvalue weighted by atomic mass is 10.2. The van der Waals surface area contributed by atoms with Crippen molar-refractivity contribution in [1.82, 2.24) is 0 Å². The second-order valence-corrected chi connectivity index (χ2v) is 2.69. The summed E-state index contributed by atoms with van der Waals surface area (Å²) in [7, 11) is 0. The van der Waals surface area contributed by atoms with E-state index in [1.165, 1.54) is 6.08 Å². The van der Waals surface area contributed by atoms with E-state index in [1.54, 1.807) is 6.92 Å². The molecule has 0 saturated carbocycles. The lowest BCUT2D eigenvalue weighted by Crippen LogP contribution is -1.98. The van der Waals surface area contributed by atoms with E-state index in [1.807, 2.05) is 31.2 Å². The average Bonchev–Trinajstić information content (AvgIpc) is 2.17. The van der Waals surface area contributed by atoms with E-state index in [9.17, 15) is 4.79 Å². The first kappa shape index (κ1) is 12.7. The molecule has 0 aliphatic heterocycles. The quantitative estimate of drug-likeness (QED) is 0.281. The van der Waals surface area contributed by atoms with Crippen molar-refractivity contribution in [1.29, 1.82) is 0 Å². The highest BCUT2D eigenvalue weighted by Gasteiger charge is 1.90. The first-order valence-corrected chi connectivity index (χ1v) is 4.92. The third-order valence-electron chi connectivity index (χ3n) is 1.48. The smallest absolute Gasteiger partial charge is 0.330 e. The Balaban J connectivity index is 3.48. The molecule has 2 heteroatoms. The zero-order chi connectivity index (χ0) is 10.6. The molecule has 0 atom stereocenters. The summed E-state index contributed by atoms with van der Waals surface area (Å²) in [6, 6.07) is 0. The Kier molecular flexibility index (Phi) is 8.86. The Morgan fingerprint density at radius 1 is 1.21 bits per heavy atom. The largest absolute Gasteiger partial charge is 0.463 e. The van der Waals surface area contributed by atoms with Gasteiger partial charge in [-0.2, -0.15) is 0 Å². The molecule has 0 radical (unpaired) electrons. The fourth-order valence-electron chi connectivity index (χ4n) is 0.848. The van der Waals surface area contributed by atoms with Crippen LogP contribution < -0.4 is 0 Å². The maximum Gasteiger partial charge on any atom is 0.330 e. The van der Waals surface area contributed by atoms with Gasteiger partial charge in [-0.05, 0) is 26.7 Å². The van der Waals surface area contributed by atoms with E-state index in [2.05, 4.69) is 6.08 Å². The fourth-order valence-corrected chi connectivity index (χ4v) is 0.848. The van der Waals surface area contributed by atoms with Gasteiger partial charge in [-0.15, -0.1) is 0 Å². The standard InChI is InChI=1S/C12H18O2/c1-3-5-6-7-8-9-10-11-12(13)14-4-2/h3,5-7,10-11H,4,8-9H2,1-2H3/b5-3+,7-6+,11-10+. The predicted octanol–water partition coefficient (Wildman–Crippen LogP) is 3.02. The Morgan fingerprint density at radius 3 is 2.57 bits per heavy atom. The minimum absolute atomic E-state index is 0.259. The number of carbonyl (C=O) groups is 1. The van der Waals surface area contributed by atoms with E-state index < -0.39 is 0 Å². The molecule has 0 rings (SSSR count). The molecular formula is C12H18O2. The molecule has 14 heavy (non-hydrogen) atoms. The normalized spacial score (nSPS) is 11.9. The number of esters is 1. The van der Waals surface area contributed by atoms with Gasteiger partial charge < -0.3 is 4.74 Å². The van der Waals surface area contributed by atoms with E-state index in [0.29, 0.717) is 6.61 Å². The van der Waals surface area contributed by atoms with Gasteiger partial charge in [0.2, 0.25) is 0 Å². The molecule has 0 spiro atoms. The summed E-state index contributed by atoms with van der Waals surface area (Å²) in [5.41, 5.74) is 0. The number of unbranched alkanes of at least 4 members (excludes halogenated alkanes) is 1. The fraction of sp³-hybridized carbons (Fsp3) is 0.417. The zero-order valence-corrected chi connectivity index (χ0v) is 8.90. The van der Waals surface area contributed by atoms with Gasteiger partial charge in [0.05, 0.1) is 6.61 Å². The van der Waals surface area contributed by atoms with Gasteiger partial charge >= 0.3 is 5.97 Å². The highest BCUT2D eigenvalue weighted by Crippen LogP contribution is 1.94. The van der Waals surface area contributed by atoms with Crippen LogP contribution in [0.3, 0.4) is 0 Å². The molecule has 2 nitrogen and oxygen atoms in total. The van der Waals surface area contributed by atoms with Crippen molar-refractivity contribution in [3.05, 3.63) is 36.5 Å². The molecule has 0 fully saturated rings. The first-order valence-electron chi connectivity index (χ1n) is 4.92. The Morgan fingerprint density at radius 2 is 1.93 bits per heavy atom. The number of hydrogen-bond acceptors (Lipinski definition) is 2. The van der Waals surface area contributed by atoms with Gasteiger partial charge in [0.1, 0.15) is 0 Å². The molecule has 0 amide bonds. The molecule has 78 valence electrons. The van der Waals surface area contributed by atoms with Crippen molar-refractivity contribution in [3.63, 3.8) is 0 Å². The van der Waals surface area contributed by atoms with Crippen LogP contribution >= 0.6 is 0 Å². The third-order valence-corrected chi connectivity index (χ3v) is 1.48. The van der Waals surface area contributed by atoms with Crippen LogP contribution in [0.4, 0.5) is 0 Å². The van der Waals surface area contributed by atoms with Crippen LogP contribution in [0.1, 0.15) is 26.7 Å². The van der Waals surface area contributed by atoms with Crippen LogP contribution in [-0.2, 0) is 9.53 Å². The summed E-state index contributed by atoms with van der Waals surface area (Å²) >= 11 is 0. The topological polar surface area (TPSA) is 26.3 Å². The Labute approximate surface area is 86.0 Å². The summed E-state index contributed by atoms with van der Waals surface area (Å²) in [6.07, 6.45) is 13.1. The number of rotatable bonds is 6. The van der Waals surface area contributed by atoms with Crippen LogP contribution in [-0.4, -0.2) is 12.6 Å². The maximum atomic E-state index is 10.8. The summed E-state index contributed by atoms with van der Waals surface area (Å²) in [5.74, 6) is -0.259. The number of carbonyl (C=O) groups excluding carboxylic acids is 1. The predicted molar refractivity (Wildman–Crippen MR) is 59.0 cm³/mol. The van der Waals surface area contributed by atoms with E-state index >= 15 is 0 Å². The van der Waals surface area contributed by atoms with Crippen LogP contribution in [0.15, 0.2) is 36.5 Å². The van der Waals surface area contributed by atoms with E-state index in [-0.39, 0.29) is 5.97 Å². The molecule has 0 aromatic heterocycles. The average molecular weight is 194 g/mol. The van der Waals surface area contributed by atoms with Gasteiger partial charge in [0, 0.05) is 6.08 Å². The summed E-state index contributed by atoms with van der Waals surface area (Å²) in [4.78, 5) is 10.8. The molecule has 0 aromatic carbocycles. The second kappa shape index (κ2) is 9.78. The van der Waals surface area contributed by atoms with Gasteiger partial charge in [-0.25, -0.2) is 4.79 Å². The van der Waals surface area contributed by atoms with Gasteiger partial charge in [-0.1, -0.05) is 30.4 Å². The third kappa shape index (κ3) is 8.78. The van der Waals surface area contributed by atoms with Crippen LogP contribution in [0.25, 0.3) is 0 Å². The molecule has 0 bridgehead atoms. The van der Waals surface area contributed by atoms with Crippen LogP contribution in [0.2, 0.25) is 0 Å². The lowest BCUT2D eigenvalue weighted by Gasteiger charge is -1.93. The minimum atomic E-state index is -0.259. The highest BCUT2D eigenvalue weighted by molar-refractivity contribution is 5.81. The second-order valence-electron chi connectivity index (χ2n) is 2.69. The molecular weight excluding hydrogens is 176 g/mol. The van der Waals surface area contributed by atoms with Crippen molar-refractivity contribution in [2.45, 2.75) is 26.7 Å². The first-order chi connectivity index (χ1) is 6.81.